The number of ether oxygens (including phenoxy) is 1. The Hall–Kier alpha value is -2.48. The van der Waals surface area contributed by atoms with E-state index in [1.807, 2.05) is 13.0 Å². The highest BCUT2D eigenvalue weighted by atomic mass is 32.1. The van der Waals surface area contributed by atoms with Crippen LogP contribution >= 0.6 is 11.3 Å². The summed E-state index contributed by atoms with van der Waals surface area (Å²) in [4.78, 5) is 23.2. The number of rotatable bonds is 5. The Kier molecular flexibility index (Phi) is 4.52. The van der Waals surface area contributed by atoms with Crippen LogP contribution in [0, 0.1) is 0 Å². The Balaban J connectivity index is 1.55. The third-order valence-corrected chi connectivity index (χ3v) is 4.34. The van der Waals surface area contributed by atoms with Crippen molar-refractivity contribution in [2.45, 2.75) is 26.2 Å². The molecular formula is C15H16N4O3S. The van der Waals surface area contributed by atoms with E-state index in [4.69, 9.17) is 4.74 Å². The van der Waals surface area contributed by atoms with Crippen molar-refractivity contribution < 1.29 is 14.3 Å². The minimum Gasteiger partial charge on any atom is -0.484 e. The molecule has 0 aliphatic carbocycles. The molecule has 0 bridgehead atoms. The molecule has 1 aromatic carbocycles. The normalized spacial score (nSPS) is 13.2. The van der Waals surface area contributed by atoms with Crippen LogP contribution in [-0.2, 0) is 22.4 Å². The molecule has 23 heavy (non-hydrogen) atoms. The maximum absolute atomic E-state index is 11.9. The molecule has 0 saturated heterocycles. The summed E-state index contributed by atoms with van der Waals surface area (Å²) in [5.74, 6) is 0.338. The summed E-state index contributed by atoms with van der Waals surface area (Å²) in [7, 11) is 0. The second-order valence-electron chi connectivity index (χ2n) is 5.06. The first-order chi connectivity index (χ1) is 11.1. The van der Waals surface area contributed by atoms with Gasteiger partial charge in [0.25, 0.3) is 5.91 Å². The molecule has 8 heteroatoms. The summed E-state index contributed by atoms with van der Waals surface area (Å²) in [5, 5.41) is 14.6. The van der Waals surface area contributed by atoms with Crippen molar-refractivity contribution in [3.63, 3.8) is 0 Å². The highest BCUT2D eigenvalue weighted by molar-refractivity contribution is 7.15. The molecular weight excluding hydrogens is 316 g/mol. The Morgan fingerprint density at radius 3 is 3.04 bits per heavy atom. The summed E-state index contributed by atoms with van der Waals surface area (Å²) in [5.41, 5.74) is 1.82. The number of aromatic nitrogens is 2. The largest absolute Gasteiger partial charge is 0.484 e. The van der Waals surface area contributed by atoms with E-state index in [-0.39, 0.29) is 18.4 Å². The number of carbonyl (C=O) groups is 2. The smallest absolute Gasteiger partial charge is 0.264 e. The lowest BCUT2D eigenvalue weighted by Gasteiger charge is -2.17. The molecule has 1 aliphatic rings. The summed E-state index contributed by atoms with van der Waals surface area (Å²) < 4.78 is 5.50. The molecule has 2 N–H and O–H groups in total. The van der Waals surface area contributed by atoms with Crippen LogP contribution in [0.5, 0.6) is 5.75 Å². The Morgan fingerprint density at radius 1 is 1.39 bits per heavy atom. The van der Waals surface area contributed by atoms with Gasteiger partial charge in [-0.3, -0.25) is 14.9 Å². The minimum absolute atomic E-state index is 0.0223. The van der Waals surface area contributed by atoms with Gasteiger partial charge in [0.15, 0.2) is 6.61 Å². The zero-order valence-corrected chi connectivity index (χ0v) is 13.4. The van der Waals surface area contributed by atoms with E-state index in [1.54, 1.807) is 12.1 Å². The van der Waals surface area contributed by atoms with Crippen LogP contribution in [-0.4, -0.2) is 28.6 Å². The van der Waals surface area contributed by atoms with Gasteiger partial charge in [-0.2, -0.15) is 0 Å². The lowest BCUT2D eigenvalue weighted by molar-refractivity contribution is -0.118. The van der Waals surface area contributed by atoms with E-state index in [1.165, 1.54) is 11.3 Å². The third kappa shape index (κ3) is 3.84. The van der Waals surface area contributed by atoms with Crippen LogP contribution < -0.4 is 15.4 Å². The molecule has 0 saturated carbocycles. The number of aryl methyl sites for hydroxylation is 2. The highest BCUT2D eigenvalue weighted by Crippen LogP contribution is 2.26. The van der Waals surface area contributed by atoms with E-state index in [2.05, 4.69) is 20.8 Å². The molecule has 0 atom stereocenters. The van der Waals surface area contributed by atoms with Gasteiger partial charge in [0.1, 0.15) is 10.8 Å². The van der Waals surface area contributed by atoms with Crippen molar-refractivity contribution in [2.24, 2.45) is 0 Å². The van der Waals surface area contributed by atoms with Crippen molar-refractivity contribution in [3.8, 4) is 5.75 Å². The van der Waals surface area contributed by atoms with Gasteiger partial charge in [-0.25, -0.2) is 0 Å². The Morgan fingerprint density at radius 2 is 2.26 bits per heavy atom. The van der Waals surface area contributed by atoms with Gasteiger partial charge in [0.2, 0.25) is 11.0 Å². The maximum atomic E-state index is 11.9. The lowest BCUT2D eigenvalue weighted by atomic mass is 10.0. The van der Waals surface area contributed by atoms with Gasteiger partial charge in [0.05, 0.1) is 0 Å². The summed E-state index contributed by atoms with van der Waals surface area (Å²) >= 11 is 1.35. The maximum Gasteiger partial charge on any atom is 0.264 e. The van der Waals surface area contributed by atoms with Crippen molar-refractivity contribution >= 4 is 34.0 Å². The molecule has 2 amide bonds. The number of hydrogen-bond acceptors (Lipinski definition) is 6. The van der Waals surface area contributed by atoms with Crippen LogP contribution in [0.15, 0.2) is 18.2 Å². The molecule has 0 fully saturated rings. The van der Waals surface area contributed by atoms with Crippen LogP contribution in [0.2, 0.25) is 0 Å². The standard InChI is InChI=1S/C15H16N4O3S/c1-2-14-18-19-15(23-14)17-13(21)8-22-10-4-5-11-9(7-10)3-6-12(20)16-11/h4-5,7H,2-3,6,8H2,1H3,(H,16,20)(H,17,19,21). The fraction of sp³-hybridized carbons (Fsp3) is 0.333. The number of benzene rings is 1. The quantitative estimate of drug-likeness (QED) is 0.873. The second-order valence-corrected chi connectivity index (χ2v) is 6.12. The first kappa shape index (κ1) is 15.4. The zero-order chi connectivity index (χ0) is 16.2. The number of nitrogens with zero attached hydrogens (tertiary/aromatic N) is 2. The molecule has 0 spiro atoms. The second kappa shape index (κ2) is 6.74. The molecule has 120 valence electrons. The number of hydrogen-bond donors (Lipinski definition) is 2. The van der Waals surface area contributed by atoms with Crippen molar-refractivity contribution in [1.29, 1.82) is 0 Å². The predicted octanol–water partition coefficient (Wildman–Crippen LogP) is 2.00. The van der Waals surface area contributed by atoms with Gasteiger partial charge < -0.3 is 10.1 Å². The molecule has 0 radical (unpaired) electrons. The minimum atomic E-state index is -0.283. The fourth-order valence-corrected chi connectivity index (χ4v) is 2.90. The first-order valence-corrected chi connectivity index (χ1v) is 8.13. The molecule has 3 rings (SSSR count). The fourth-order valence-electron chi connectivity index (χ4n) is 2.20. The molecule has 1 aromatic heterocycles. The average Bonchev–Trinajstić information content (AvgIpc) is 3.00. The predicted molar refractivity (Wildman–Crippen MR) is 86.8 cm³/mol. The molecule has 1 aliphatic heterocycles. The van der Waals surface area contributed by atoms with Crippen LogP contribution in [0.1, 0.15) is 23.9 Å². The molecule has 2 heterocycles. The van der Waals surface area contributed by atoms with Crippen LogP contribution in [0.4, 0.5) is 10.8 Å². The van der Waals surface area contributed by atoms with Gasteiger partial charge in [-0.1, -0.05) is 18.3 Å². The number of fused-ring (bicyclic) bond motifs is 1. The number of nitrogens with one attached hydrogen (secondary N) is 2. The van der Waals surface area contributed by atoms with Crippen molar-refractivity contribution in [2.75, 3.05) is 17.2 Å². The van der Waals surface area contributed by atoms with E-state index in [9.17, 15) is 9.59 Å². The highest BCUT2D eigenvalue weighted by Gasteiger charge is 2.15. The number of carbonyl (C=O) groups excluding carboxylic acids is 2. The lowest BCUT2D eigenvalue weighted by Crippen LogP contribution is -2.21. The molecule has 7 nitrogen and oxygen atoms in total. The number of anilines is 2. The number of amides is 2. The monoisotopic (exact) mass is 332 g/mol. The topological polar surface area (TPSA) is 93.2 Å². The molecule has 0 unspecified atom stereocenters. The van der Waals surface area contributed by atoms with E-state index < -0.39 is 0 Å². The van der Waals surface area contributed by atoms with Gasteiger partial charge >= 0.3 is 0 Å². The van der Waals surface area contributed by atoms with Crippen molar-refractivity contribution in [1.82, 2.24) is 10.2 Å². The SMILES string of the molecule is CCc1nnc(NC(=O)COc2ccc3c(c2)CCC(=O)N3)s1. The molecule has 2 aromatic rings. The van der Waals surface area contributed by atoms with Gasteiger partial charge in [0, 0.05) is 12.1 Å². The van der Waals surface area contributed by atoms with Crippen molar-refractivity contribution in [3.05, 3.63) is 28.8 Å². The van der Waals surface area contributed by atoms with E-state index >= 15 is 0 Å². The van der Waals surface area contributed by atoms with Gasteiger partial charge in [-0.15, -0.1) is 10.2 Å². The summed E-state index contributed by atoms with van der Waals surface area (Å²) in [6.45, 7) is 1.87. The Bertz CT molecular complexity index is 744. The van der Waals surface area contributed by atoms with Crippen LogP contribution in [0.25, 0.3) is 0 Å². The summed E-state index contributed by atoms with van der Waals surface area (Å²) in [6.07, 6.45) is 1.93. The Labute approximate surface area is 137 Å². The van der Waals surface area contributed by atoms with E-state index in [0.717, 1.165) is 22.7 Å². The van der Waals surface area contributed by atoms with E-state index in [0.29, 0.717) is 23.7 Å². The van der Waals surface area contributed by atoms with Crippen LogP contribution in [0.3, 0.4) is 0 Å². The third-order valence-electron chi connectivity index (χ3n) is 3.36. The zero-order valence-electron chi connectivity index (χ0n) is 12.6. The summed E-state index contributed by atoms with van der Waals surface area (Å²) in [6, 6.07) is 5.37. The van der Waals surface area contributed by atoms with Gasteiger partial charge in [-0.05, 0) is 36.6 Å². The average molecular weight is 332 g/mol. The first-order valence-electron chi connectivity index (χ1n) is 7.32.